The van der Waals surface area contributed by atoms with Crippen LogP contribution in [0.2, 0.25) is 0 Å². The summed E-state index contributed by atoms with van der Waals surface area (Å²) in [6.45, 7) is 6.63. The van der Waals surface area contributed by atoms with Crippen molar-refractivity contribution in [2.24, 2.45) is 5.41 Å². The molecule has 1 aromatic carbocycles. The average molecular weight is 276 g/mol. The third-order valence-electron chi connectivity index (χ3n) is 3.31. The summed E-state index contributed by atoms with van der Waals surface area (Å²) < 4.78 is 10.6. The Bertz CT molecular complexity index is 478. The van der Waals surface area contributed by atoms with E-state index in [-0.39, 0.29) is 11.5 Å². The number of nitrogens with one attached hydrogen (secondary N) is 1. The van der Waals surface area contributed by atoms with Crippen LogP contribution in [0.15, 0.2) is 18.2 Å². The second kappa shape index (κ2) is 7.16. The first kappa shape index (κ1) is 16.3. The summed E-state index contributed by atoms with van der Waals surface area (Å²) in [4.78, 5) is 0. The number of nitriles is 1. The van der Waals surface area contributed by atoms with E-state index in [4.69, 9.17) is 14.7 Å². The van der Waals surface area contributed by atoms with Crippen molar-refractivity contribution in [2.75, 3.05) is 20.8 Å². The highest BCUT2D eigenvalue weighted by Crippen LogP contribution is 2.31. The fraction of sp³-hybridized carbons (Fsp3) is 0.562. The zero-order valence-electron chi connectivity index (χ0n) is 13.0. The van der Waals surface area contributed by atoms with Crippen molar-refractivity contribution in [3.8, 4) is 17.6 Å². The zero-order valence-corrected chi connectivity index (χ0v) is 13.0. The molecule has 0 aliphatic heterocycles. The number of nitrogens with zero attached hydrogens (tertiary/aromatic N) is 1. The number of benzene rings is 1. The van der Waals surface area contributed by atoms with Crippen molar-refractivity contribution in [2.45, 2.75) is 33.2 Å². The molecule has 4 nitrogen and oxygen atoms in total. The molecule has 1 unspecified atom stereocenters. The molecule has 0 heterocycles. The van der Waals surface area contributed by atoms with Crippen LogP contribution in [0.25, 0.3) is 0 Å². The Hall–Kier alpha value is -1.73. The number of rotatable bonds is 7. The average Bonchev–Trinajstić information content (AvgIpc) is 2.47. The molecule has 0 bridgehead atoms. The molecular weight excluding hydrogens is 252 g/mol. The maximum absolute atomic E-state index is 9.07. The number of hydrogen-bond acceptors (Lipinski definition) is 4. The molecule has 1 aromatic rings. The van der Waals surface area contributed by atoms with Gasteiger partial charge in [0.1, 0.15) is 0 Å². The van der Waals surface area contributed by atoms with Crippen LogP contribution < -0.4 is 14.8 Å². The molecule has 4 heteroatoms. The van der Waals surface area contributed by atoms with Gasteiger partial charge in [0, 0.05) is 12.6 Å². The molecule has 0 radical (unpaired) electrons. The van der Waals surface area contributed by atoms with Gasteiger partial charge in [0.2, 0.25) is 0 Å². The van der Waals surface area contributed by atoms with E-state index >= 15 is 0 Å². The molecule has 0 saturated heterocycles. The second-order valence-electron chi connectivity index (χ2n) is 5.45. The van der Waals surface area contributed by atoms with E-state index < -0.39 is 0 Å². The van der Waals surface area contributed by atoms with Gasteiger partial charge in [0.25, 0.3) is 0 Å². The molecule has 0 spiro atoms. The maximum atomic E-state index is 9.07. The largest absolute Gasteiger partial charge is 0.493 e. The van der Waals surface area contributed by atoms with Crippen LogP contribution in [0.3, 0.4) is 0 Å². The van der Waals surface area contributed by atoms with Crippen molar-refractivity contribution >= 4 is 0 Å². The van der Waals surface area contributed by atoms with E-state index in [0.29, 0.717) is 6.54 Å². The van der Waals surface area contributed by atoms with E-state index in [0.717, 1.165) is 23.5 Å². The Morgan fingerprint density at radius 1 is 1.25 bits per heavy atom. The molecule has 1 N–H and O–H groups in total. The van der Waals surface area contributed by atoms with Crippen molar-refractivity contribution in [3.63, 3.8) is 0 Å². The first-order valence-corrected chi connectivity index (χ1v) is 6.84. The van der Waals surface area contributed by atoms with E-state index in [1.54, 1.807) is 14.2 Å². The van der Waals surface area contributed by atoms with Gasteiger partial charge in [0.15, 0.2) is 11.5 Å². The zero-order chi connectivity index (χ0) is 15.2. The van der Waals surface area contributed by atoms with Crippen molar-refractivity contribution in [1.82, 2.24) is 5.32 Å². The predicted molar refractivity (Wildman–Crippen MR) is 80.0 cm³/mol. The molecular formula is C16H24N2O2. The van der Waals surface area contributed by atoms with Crippen molar-refractivity contribution < 1.29 is 9.47 Å². The quantitative estimate of drug-likeness (QED) is 0.830. The van der Waals surface area contributed by atoms with Gasteiger partial charge in [-0.2, -0.15) is 5.26 Å². The SMILES string of the molecule is CCC(NCC(C)(C)C#N)c1ccc(OC)c(OC)c1. The van der Waals surface area contributed by atoms with E-state index in [9.17, 15) is 0 Å². The summed E-state index contributed by atoms with van der Waals surface area (Å²) in [5.41, 5.74) is 0.767. The van der Waals surface area contributed by atoms with Gasteiger partial charge >= 0.3 is 0 Å². The number of methoxy groups -OCH3 is 2. The Balaban J connectivity index is 2.88. The minimum Gasteiger partial charge on any atom is -0.493 e. The summed E-state index contributed by atoms with van der Waals surface area (Å²) in [6, 6.07) is 8.43. The molecule has 110 valence electrons. The highest BCUT2D eigenvalue weighted by Gasteiger charge is 2.19. The highest BCUT2D eigenvalue weighted by molar-refractivity contribution is 5.43. The molecule has 0 aliphatic rings. The highest BCUT2D eigenvalue weighted by atomic mass is 16.5. The smallest absolute Gasteiger partial charge is 0.161 e. The standard InChI is InChI=1S/C16H24N2O2/c1-6-13(18-11-16(2,3)10-17)12-7-8-14(19-4)15(9-12)20-5/h7-9,13,18H,6,11H2,1-5H3. The van der Waals surface area contributed by atoms with Crippen LogP contribution in [0.5, 0.6) is 11.5 Å². The third kappa shape index (κ3) is 4.14. The Morgan fingerprint density at radius 3 is 2.40 bits per heavy atom. The minimum absolute atomic E-state index is 0.197. The summed E-state index contributed by atoms with van der Waals surface area (Å²) in [5.74, 6) is 1.45. The molecule has 1 rings (SSSR count). The summed E-state index contributed by atoms with van der Waals surface area (Å²) in [6.07, 6.45) is 0.941. The fourth-order valence-electron chi connectivity index (χ4n) is 1.99. The lowest BCUT2D eigenvalue weighted by Crippen LogP contribution is -2.31. The monoisotopic (exact) mass is 276 g/mol. The third-order valence-corrected chi connectivity index (χ3v) is 3.31. The molecule has 0 saturated carbocycles. The van der Waals surface area contributed by atoms with Gasteiger partial charge in [0.05, 0.1) is 25.7 Å². The normalized spacial score (nSPS) is 12.6. The molecule has 20 heavy (non-hydrogen) atoms. The summed E-state index contributed by atoms with van der Waals surface area (Å²) in [7, 11) is 3.26. The molecule has 0 fully saturated rings. The van der Waals surface area contributed by atoms with Crippen LogP contribution in [0.4, 0.5) is 0 Å². The summed E-state index contributed by atoms with van der Waals surface area (Å²) in [5, 5.41) is 12.5. The van der Waals surface area contributed by atoms with E-state index in [2.05, 4.69) is 18.3 Å². The van der Waals surface area contributed by atoms with Gasteiger partial charge in [-0.25, -0.2) is 0 Å². The van der Waals surface area contributed by atoms with Gasteiger partial charge in [-0.15, -0.1) is 0 Å². The lowest BCUT2D eigenvalue weighted by atomic mass is 9.94. The number of hydrogen-bond donors (Lipinski definition) is 1. The Morgan fingerprint density at radius 2 is 1.90 bits per heavy atom. The lowest BCUT2D eigenvalue weighted by molar-refractivity contribution is 0.352. The van der Waals surface area contributed by atoms with Crippen molar-refractivity contribution in [3.05, 3.63) is 23.8 Å². The van der Waals surface area contributed by atoms with Crippen LogP contribution in [0.1, 0.15) is 38.8 Å². The van der Waals surface area contributed by atoms with Gasteiger partial charge < -0.3 is 14.8 Å². The van der Waals surface area contributed by atoms with Gasteiger partial charge in [-0.1, -0.05) is 13.0 Å². The predicted octanol–water partition coefficient (Wildman–Crippen LogP) is 3.29. The molecule has 0 aromatic heterocycles. The first-order valence-electron chi connectivity index (χ1n) is 6.84. The van der Waals surface area contributed by atoms with Crippen LogP contribution in [-0.4, -0.2) is 20.8 Å². The maximum Gasteiger partial charge on any atom is 0.161 e. The topological polar surface area (TPSA) is 54.3 Å². The molecule has 1 atom stereocenters. The minimum atomic E-state index is -0.371. The second-order valence-corrected chi connectivity index (χ2v) is 5.45. The number of ether oxygens (including phenoxy) is 2. The van der Waals surface area contributed by atoms with Gasteiger partial charge in [-0.3, -0.25) is 0 Å². The fourth-order valence-corrected chi connectivity index (χ4v) is 1.99. The van der Waals surface area contributed by atoms with Crippen LogP contribution in [-0.2, 0) is 0 Å². The summed E-state index contributed by atoms with van der Waals surface area (Å²) >= 11 is 0. The molecule has 0 aliphatic carbocycles. The van der Waals surface area contributed by atoms with E-state index in [1.807, 2.05) is 32.0 Å². The van der Waals surface area contributed by atoms with E-state index in [1.165, 1.54) is 0 Å². The molecule has 0 amide bonds. The Kier molecular flexibility index (Phi) is 5.84. The van der Waals surface area contributed by atoms with Crippen molar-refractivity contribution in [1.29, 1.82) is 5.26 Å². The van der Waals surface area contributed by atoms with Gasteiger partial charge in [-0.05, 0) is 38.0 Å². The lowest BCUT2D eigenvalue weighted by Gasteiger charge is -2.23. The first-order chi connectivity index (χ1) is 9.47. The van der Waals surface area contributed by atoms with Crippen LogP contribution >= 0.6 is 0 Å². The Labute approximate surface area is 121 Å². The van der Waals surface area contributed by atoms with Crippen LogP contribution in [0, 0.1) is 16.7 Å².